The maximum absolute atomic E-state index is 11.1. The molecule has 2 aliphatic heterocycles. The van der Waals surface area contributed by atoms with Gasteiger partial charge in [0.15, 0.2) is 0 Å². The SMILES string of the molecule is Cc1cc2c3c(c1)[C@@H]1C=CC[C@@H]1[C@H](c1ccc([N+](=O)[O-])cc1)N3C[C@H]1CC=C[C@H]21. The van der Waals surface area contributed by atoms with Gasteiger partial charge in [-0.25, -0.2) is 0 Å². The van der Waals surface area contributed by atoms with Crippen molar-refractivity contribution in [3.8, 4) is 0 Å². The van der Waals surface area contributed by atoms with Crippen molar-refractivity contribution in [1.82, 2.24) is 0 Å². The summed E-state index contributed by atoms with van der Waals surface area (Å²) in [5, 5.41) is 11.1. The van der Waals surface area contributed by atoms with Gasteiger partial charge in [0, 0.05) is 36.2 Å². The molecule has 0 radical (unpaired) electrons. The number of allylic oxidation sites excluding steroid dienone is 4. The van der Waals surface area contributed by atoms with Crippen molar-refractivity contribution in [2.24, 2.45) is 11.8 Å². The van der Waals surface area contributed by atoms with Crippen molar-refractivity contribution < 1.29 is 4.92 Å². The first-order valence-corrected chi connectivity index (χ1v) is 10.6. The molecule has 0 N–H and O–H groups in total. The first-order valence-electron chi connectivity index (χ1n) is 10.6. The highest BCUT2D eigenvalue weighted by atomic mass is 16.6. The van der Waals surface area contributed by atoms with E-state index in [0.29, 0.717) is 23.7 Å². The smallest absolute Gasteiger partial charge is 0.269 e. The lowest BCUT2D eigenvalue weighted by atomic mass is 9.70. The fourth-order valence-electron chi connectivity index (χ4n) is 6.30. The third-order valence-corrected chi connectivity index (χ3v) is 7.44. The van der Waals surface area contributed by atoms with Crippen molar-refractivity contribution >= 4 is 11.4 Å². The summed E-state index contributed by atoms with van der Waals surface area (Å²) in [5.41, 5.74) is 7.12. The van der Waals surface area contributed by atoms with Gasteiger partial charge < -0.3 is 4.90 Å². The average Bonchev–Trinajstić information content (AvgIpc) is 3.37. The molecule has 0 saturated heterocycles. The lowest BCUT2D eigenvalue weighted by Crippen LogP contribution is -2.46. The van der Waals surface area contributed by atoms with Crippen LogP contribution in [0.2, 0.25) is 0 Å². The number of hydrogen-bond acceptors (Lipinski definition) is 3. The van der Waals surface area contributed by atoms with Crippen LogP contribution in [-0.4, -0.2) is 11.5 Å². The third kappa shape index (κ3) is 2.38. The quantitative estimate of drug-likeness (QED) is 0.374. The molecule has 4 heteroatoms. The summed E-state index contributed by atoms with van der Waals surface area (Å²) in [6, 6.07) is 12.4. The number of anilines is 1. The predicted molar refractivity (Wildman–Crippen MR) is 114 cm³/mol. The van der Waals surface area contributed by atoms with Crippen LogP contribution in [-0.2, 0) is 0 Å². The van der Waals surface area contributed by atoms with Crippen molar-refractivity contribution in [3.63, 3.8) is 0 Å². The first kappa shape index (κ1) is 17.0. The molecule has 0 fully saturated rings. The number of non-ortho nitro benzene ring substituents is 1. The van der Waals surface area contributed by atoms with Gasteiger partial charge in [0.25, 0.3) is 5.69 Å². The van der Waals surface area contributed by atoms with Crippen LogP contribution in [0.4, 0.5) is 11.4 Å². The van der Waals surface area contributed by atoms with E-state index in [-0.39, 0.29) is 16.7 Å². The van der Waals surface area contributed by atoms with Gasteiger partial charge in [0.05, 0.1) is 11.0 Å². The van der Waals surface area contributed by atoms with Crippen LogP contribution < -0.4 is 4.90 Å². The van der Waals surface area contributed by atoms with Crippen molar-refractivity contribution in [3.05, 3.63) is 93.1 Å². The van der Waals surface area contributed by atoms with E-state index in [0.717, 1.165) is 19.4 Å². The minimum atomic E-state index is -0.309. The molecule has 0 amide bonds. The van der Waals surface area contributed by atoms with Crippen molar-refractivity contribution in [1.29, 1.82) is 0 Å². The van der Waals surface area contributed by atoms with Gasteiger partial charge in [-0.1, -0.05) is 54.1 Å². The maximum atomic E-state index is 11.1. The molecule has 0 saturated carbocycles. The third-order valence-electron chi connectivity index (χ3n) is 7.44. The topological polar surface area (TPSA) is 46.4 Å². The van der Waals surface area contributed by atoms with E-state index in [9.17, 15) is 10.1 Å². The summed E-state index contributed by atoms with van der Waals surface area (Å²) < 4.78 is 0. The largest absolute Gasteiger partial charge is 0.363 e. The van der Waals surface area contributed by atoms with Crippen LogP contribution in [0.3, 0.4) is 0 Å². The fraction of sp³-hybridized carbons (Fsp3) is 0.360. The highest BCUT2D eigenvalue weighted by Crippen LogP contribution is 2.58. The number of benzene rings is 2. The first-order chi connectivity index (χ1) is 14.1. The molecular formula is C25H24N2O2. The molecule has 29 heavy (non-hydrogen) atoms. The van der Waals surface area contributed by atoms with Crippen LogP contribution in [0.5, 0.6) is 0 Å². The molecule has 4 nitrogen and oxygen atoms in total. The van der Waals surface area contributed by atoms with E-state index < -0.39 is 0 Å². The molecule has 5 atom stereocenters. The molecule has 6 rings (SSSR count). The molecule has 2 aromatic carbocycles. The minimum Gasteiger partial charge on any atom is -0.363 e. The summed E-state index contributed by atoms with van der Waals surface area (Å²) >= 11 is 0. The molecule has 4 aliphatic rings. The molecule has 146 valence electrons. The Labute approximate surface area is 170 Å². The predicted octanol–water partition coefficient (Wildman–Crippen LogP) is 5.80. The van der Waals surface area contributed by atoms with E-state index in [1.54, 1.807) is 12.1 Å². The number of aryl methyl sites for hydroxylation is 1. The number of fused-ring (bicyclic) bond motifs is 4. The zero-order chi connectivity index (χ0) is 19.7. The fourth-order valence-corrected chi connectivity index (χ4v) is 6.30. The van der Waals surface area contributed by atoms with Gasteiger partial charge in [-0.15, -0.1) is 0 Å². The minimum absolute atomic E-state index is 0.168. The number of rotatable bonds is 2. The van der Waals surface area contributed by atoms with Gasteiger partial charge in [0.1, 0.15) is 0 Å². The highest BCUT2D eigenvalue weighted by molar-refractivity contribution is 5.70. The monoisotopic (exact) mass is 384 g/mol. The summed E-state index contributed by atoms with van der Waals surface area (Å²) in [5.74, 6) is 2.08. The molecule has 0 bridgehead atoms. The molecule has 2 aromatic rings. The number of nitro groups is 1. The highest BCUT2D eigenvalue weighted by Gasteiger charge is 2.47. The van der Waals surface area contributed by atoms with Crippen LogP contribution in [0, 0.1) is 28.9 Å². The van der Waals surface area contributed by atoms with Crippen LogP contribution in [0.15, 0.2) is 60.7 Å². The zero-order valence-electron chi connectivity index (χ0n) is 16.5. The zero-order valence-corrected chi connectivity index (χ0v) is 16.5. The second kappa shape index (κ2) is 6.06. The van der Waals surface area contributed by atoms with Crippen molar-refractivity contribution in [2.75, 3.05) is 11.4 Å². The molecule has 2 heterocycles. The second-order valence-corrected chi connectivity index (χ2v) is 9.04. The molecule has 0 spiro atoms. The van der Waals surface area contributed by atoms with Gasteiger partial charge >= 0.3 is 0 Å². The summed E-state index contributed by atoms with van der Waals surface area (Å²) in [4.78, 5) is 13.5. The Hall–Kier alpha value is -2.88. The Morgan fingerprint density at radius 2 is 1.69 bits per heavy atom. The standard InChI is InChI=1S/C25H24N2O2/c1-15-12-22-19-5-2-4-17(19)14-26-24(16-8-10-18(11-9-16)27(28)29)21-7-3-6-20(21)23(13-15)25(22)26/h2-3,5-6,8-13,17,19-21,24H,4,7,14H2,1H3/t17-,19+,20-,21+,24+/m1/s1. The number of nitrogens with zero attached hydrogens (tertiary/aromatic N) is 2. The Bertz CT molecular complexity index is 1050. The van der Waals surface area contributed by atoms with Crippen LogP contribution in [0.1, 0.15) is 53.0 Å². The van der Waals surface area contributed by atoms with E-state index >= 15 is 0 Å². The van der Waals surface area contributed by atoms with E-state index in [1.165, 1.54) is 27.9 Å². The Morgan fingerprint density at radius 3 is 2.45 bits per heavy atom. The van der Waals surface area contributed by atoms with E-state index in [1.807, 2.05) is 12.1 Å². The second-order valence-electron chi connectivity index (χ2n) is 9.04. The number of hydrogen-bond donors (Lipinski definition) is 0. The van der Waals surface area contributed by atoms with E-state index in [2.05, 4.69) is 48.3 Å². The molecule has 0 aromatic heterocycles. The summed E-state index contributed by atoms with van der Waals surface area (Å²) in [6.07, 6.45) is 11.7. The maximum Gasteiger partial charge on any atom is 0.269 e. The lowest BCUT2D eigenvalue weighted by Gasteiger charge is -2.51. The van der Waals surface area contributed by atoms with E-state index in [4.69, 9.17) is 0 Å². The normalized spacial score (nSPS) is 30.8. The Morgan fingerprint density at radius 1 is 1.00 bits per heavy atom. The van der Waals surface area contributed by atoms with Gasteiger partial charge in [-0.2, -0.15) is 0 Å². The van der Waals surface area contributed by atoms with Gasteiger partial charge in [-0.3, -0.25) is 10.1 Å². The lowest BCUT2D eigenvalue weighted by molar-refractivity contribution is -0.384. The molecule has 0 unspecified atom stereocenters. The van der Waals surface area contributed by atoms with Gasteiger partial charge in [0.2, 0.25) is 0 Å². The van der Waals surface area contributed by atoms with Crippen LogP contribution >= 0.6 is 0 Å². The van der Waals surface area contributed by atoms with Crippen LogP contribution in [0.25, 0.3) is 0 Å². The Kier molecular flexibility index (Phi) is 3.55. The average molecular weight is 384 g/mol. The summed E-state index contributed by atoms with van der Waals surface area (Å²) in [7, 11) is 0. The Balaban J connectivity index is 1.54. The molecular weight excluding hydrogens is 360 g/mol. The summed E-state index contributed by atoms with van der Waals surface area (Å²) in [6.45, 7) is 3.28. The molecule has 2 aliphatic carbocycles. The van der Waals surface area contributed by atoms with Gasteiger partial charge in [-0.05, 0) is 48.3 Å². The van der Waals surface area contributed by atoms with Crippen molar-refractivity contribution in [2.45, 2.75) is 37.6 Å². The number of nitro benzene ring substituents is 1.